The summed E-state index contributed by atoms with van der Waals surface area (Å²) >= 11 is 1.83. The molecule has 5 nitrogen and oxygen atoms in total. The molecule has 0 aliphatic rings. The zero-order valence-corrected chi connectivity index (χ0v) is 13.3. The van der Waals surface area contributed by atoms with Crippen LogP contribution in [0.5, 0.6) is 0 Å². The molecule has 0 amide bonds. The molecular weight excluding hydrogens is 274 g/mol. The van der Waals surface area contributed by atoms with Crippen LogP contribution in [0.4, 0.5) is 11.5 Å². The van der Waals surface area contributed by atoms with Gasteiger partial charge in [-0.25, -0.2) is 9.78 Å². The number of hydrogen-bond acceptors (Lipinski definition) is 6. The number of nitrogens with one attached hydrogen (secondary N) is 1. The molecule has 0 aliphatic heterocycles. The molecule has 6 heteroatoms. The van der Waals surface area contributed by atoms with Gasteiger partial charge in [-0.05, 0) is 25.2 Å². The maximum absolute atomic E-state index is 11.6. The van der Waals surface area contributed by atoms with Crippen molar-refractivity contribution in [1.82, 2.24) is 4.98 Å². The molecule has 0 aliphatic carbocycles. The maximum Gasteiger partial charge on any atom is 0.340 e. The standard InChI is InChI=1S/C14H23N3O2S/c1-5-14(6-2,20-4)9-17-12-11(15)10(7-8-16-12)13(18)19-3/h7-8H,5-6,9,15H2,1-4H3,(H,16,17). The van der Waals surface area contributed by atoms with Crippen LogP contribution >= 0.6 is 11.8 Å². The number of ether oxygens (including phenoxy) is 1. The summed E-state index contributed by atoms with van der Waals surface area (Å²) in [6, 6.07) is 1.56. The smallest absolute Gasteiger partial charge is 0.340 e. The summed E-state index contributed by atoms with van der Waals surface area (Å²) in [7, 11) is 1.34. The molecule has 0 spiro atoms. The fraction of sp³-hybridized carbons (Fsp3) is 0.571. The van der Waals surface area contributed by atoms with Gasteiger partial charge >= 0.3 is 5.97 Å². The number of carbonyl (C=O) groups excluding carboxylic acids is 1. The first kappa shape index (κ1) is 16.6. The highest BCUT2D eigenvalue weighted by Crippen LogP contribution is 2.31. The molecular formula is C14H23N3O2S. The molecule has 112 valence electrons. The Morgan fingerprint density at radius 3 is 2.65 bits per heavy atom. The highest BCUT2D eigenvalue weighted by Gasteiger charge is 2.25. The van der Waals surface area contributed by atoms with Gasteiger partial charge in [-0.1, -0.05) is 13.8 Å². The van der Waals surface area contributed by atoms with Gasteiger partial charge < -0.3 is 15.8 Å². The van der Waals surface area contributed by atoms with Crippen LogP contribution in [0.1, 0.15) is 37.0 Å². The number of nitrogens with zero attached hydrogens (tertiary/aromatic N) is 1. The fourth-order valence-corrected chi connectivity index (χ4v) is 2.80. The zero-order chi connectivity index (χ0) is 15.2. The van der Waals surface area contributed by atoms with Gasteiger partial charge in [0.15, 0.2) is 0 Å². The Hall–Kier alpha value is -1.43. The van der Waals surface area contributed by atoms with Crippen molar-refractivity contribution in [1.29, 1.82) is 0 Å². The molecule has 0 radical (unpaired) electrons. The predicted molar refractivity (Wildman–Crippen MR) is 85.3 cm³/mol. The average molecular weight is 297 g/mol. The third-order valence-corrected chi connectivity index (χ3v) is 5.28. The summed E-state index contributed by atoms with van der Waals surface area (Å²) in [6.07, 6.45) is 5.77. The number of aromatic nitrogens is 1. The maximum atomic E-state index is 11.6. The second-order valence-corrected chi connectivity index (χ2v) is 5.83. The van der Waals surface area contributed by atoms with Crippen LogP contribution in [0.3, 0.4) is 0 Å². The molecule has 3 N–H and O–H groups in total. The van der Waals surface area contributed by atoms with E-state index in [9.17, 15) is 4.79 Å². The van der Waals surface area contributed by atoms with Crippen LogP contribution in [-0.2, 0) is 4.74 Å². The zero-order valence-electron chi connectivity index (χ0n) is 12.5. The number of anilines is 2. The van der Waals surface area contributed by atoms with E-state index in [0.29, 0.717) is 17.1 Å². The van der Waals surface area contributed by atoms with Crippen molar-refractivity contribution in [2.24, 2.45) is 0 Å². The highest BCUT2D eigenvalue weighted by molar-refractivity contribution is 8.00. The molecule has 0 bridgehead atoms. The van der Waals surface area contributed by atoms with Crippen molar-refractivity contribution in [3.05, 3.63) is 17.8 Å². The second kappa shape index (κ2) is 7.38. The first-order valence-electron chi connectivity index (χ1n) is 6.65. The first-order valence-corrected chi connectivity index (χ1v) is 7.87. The van der Waals surface area contributed by atoms with Gasteiger partial charge in [0.25, 0.3) is 0 Å². The molecule has 1 rings (SSSR count). The Kier molecular flexibility index (Phi) is 6.13. The number of methoxy groups -OCH3 is 1. The lowest BCUT2D eigenvalue weighted by Gasteiger charge is -2.30. The molecule has 20 heavy (non-hydrogen) atoms. The van der Waals surface area contributed by atoms with E-state index in [1.165, 1.54) is 7.11 Å². The molecule has 1 aromatic heterocycles. The van der Waals surface area contributed by atoms with Crippen LogP contribution in [0.2, 0.25) is 0 Å². The highest BCUT2D eigenvalue weighted by atomic mass is 32.2. The van der Waals surface area contributed by atoms with Gasteiger partial charge in [-0.2, -0.15) is 11.8 Å². The number of thioether (sulfide) groups is 1. The largest absolute Gasteiger partial charge is 0.465 e. The van der Waals surface area contributed by atoms with Gasteiger partial charge in [0.1, 0.15) is 5.82 Å². The summed E-state index contributed by atoms with van der Waals surface area (Å²) in [5, 5.41) is 3.26. The molecule has 0 saturated carbocycles. The van der Waals surface area contributed by atoms with Gasteiger partial charge in [-0.15, -0.1) is 0 Å². The minimum absolute atomic E-state index is 0.148. The molecule has 0 aromatic carbocycles. The number of nitrogen functional groups attached to an aromatic ring is 1. The molecule has 0 unspecified atom stereocenters. The Morgan fingerprint density at radius 2 is 2.15 bits per heavy atom. The van der Waals surface area contributed by atoms with Crippen LogP contribution < -0.4 is 11.1 Å². The summed E-state index contributed by atoms with van der Waals surface area (Å²) in [4.78, 5) is 15.8. The van der Waals surface area contributed by atoms with Crippen molar-refractivity contribution in [2.45, 2.75) is 31.4 Å². The topological polar surface area (TPSA) is 77.2 Å². The molecule has 0 fully saturated rings. The lowest BCUT2D eigenvalue weighted by atomic mass is 10.0. The molecule has 1 heterocycles. The third kappa shape index (κ3) is 3.56. The van der Waals surface area contributed by atoms with Crippen LogP contribution in [0, 0.1) is 0 Å². The Labute approximate surface area is 124 Å². The van der Waals surface area contributed by atoms with Gasteiger partial charge in [0.05, 0.1) is 18.4 Å². The van der Waals surface area contributed by atoms with Gasteiger partial charge in [0.2, 0.25) is 0 Å². The molecule has 1 aromatic rings. The Bertz CT molecular complexity index is 453. The lowest BCUT2D eigenvalue weighted by molar-refractivity contribution is 0.0602. The van der Waals surface area contributed by atoms with E-state index in [1.54, 1.807) is 12.3 Å². The van der Waals surface area contributed by atoms with E-state index in [-0.39, 0.29) is 4.75 Å². The SMILES string of the molecule is CCC(CC)(CNc1nccc(C(=O)OC)c1N)SC. The summed E-state index contributed by atoms with van der Waals surface area (Å²) < 4.78 is 4.85. The van der Waals surface area contributed by atoms with Crippen LogP contribution in [0.25, 0.3) is 0 Å². The predicted octanol–water partition coefficient (Wildman–Crippen LogP) is 2.78. The summed E-state index contributed by atoms with van der Waals surface area (Å²) in [6.45, 7) is 5.09. The number of hydrogen-bond donors (Lipinski definition) is 2. The number of esters is 1. The van der Waals surface area contributed by atoms with Crippen LogP contribution in [-0.4, -0.2) is 35.6 Å². The normalized spacial score (nSPS) is 11.2. The Balaban J connectivity index is 2.91. The third-order valence-electron chi connectivity index (χ3n) is 3.70. The minimum atomic E-state index is -0.449. The van der Waals surface area contributed by atoms with Crippen molar-refractivity contribution in [3.63, 3.8) is 0 Å². The van der Waals surface area contributed by atoms with Crippen molar-refractivity contribution >= 4 is 29.2 Å². The van der Waals surface area contributed by atoms with E-state index in [4.69, 9.17) is 10.5 Å². The molecule has 0 saturated heterocycles. The monoisotopic (exact) mass is 297 g/mol. The summed E-state index contributed by atoms with van der Waals surface area (Å²) in [5.74, 6) is 0.0864. The van der Waals surface area contributed by atoms with Gasteiger partial charge in [-0.3, -0.25) is 0 Å². The van der Waals surface area contributed by atoms with E-state index >= 15 is 0 Å². The average Bonchev–Trinajstić information content (AvgIpc) is 2.49. The summed E-state index contributed by atoms with van der Waals surface area (Å²) in [5.41, 5.74) is 6.66. The number of nitrogens with two attached hydrogens (primary N) is 1. The number of rotatable bonds is 7. The van der Waals surface area contributed by atoms with Crippen molar-refractivity contribution < 1.29 is 9.53 Å². The number of pyridine rings is 1. The molecule has 0 atom stereocenters. The second-order valence-electron chi connectivity index (χ2n) is 4.56. The van der Waals surface area contributed by atoms with Crippen LogP contribution in [0.15, 0.2) is 12.3 Å². The first-order chi connectivity index (χ1) is 9.53. The number of carbonyl (C=O) groups is 1. The van der Waals surface area contributed by atoms with Gasteiger partial charge in [0, 0.05) is 17.5 Å². The van der Waals surface area contributed by atoms with Crippen molar-refractivity contribution in [2.75, 3.05) is 31.0 Å². The Morgan fingerprint density at radius 1 is 1.50 bits per heavy atom. The van der Waals surface area contributed by atoms with E-state index in [0.717, 1.165) is 19.4 Å². The minimum Gasteiger partial charge on any atom is -0.465 e. The lowest BCUT2D eigenvalue weighted by Crippen LogP contribution is -2.32. The van der Waals surface area contributed by atoms with Crippen molar-refractivity contribution in [3.8, 4) is 0 Å². The van der Waals surface area contributed by atoms with E-state index in [1.807, 2.05) is 11.8 Å². The van der Waals surface area contributed by atoms with E-state index in [2.05, 4.69) is 30.4 Å². The van der Waals surface area contributed by atoms with E-state index < -0.39 is 5.97 Å². The fourth-order valence-electron chi connectivity index (χ4n) is 2.01. The quantitative estimate of drug-likeness (QED) is 0.754.